The van der Waals surface area contributed by atoms with E-state index in [-0.39, 0.29) is 11.7 Å². The van der Waals surface area contributed by atoms with Crippen LogP contribution >= 0.6 is 11.6 Å². The molecule has 2 aromatic carbocycles. The Morgan fingerprint density at radius 3 is 3.00 bits per heavy atom. The first kappa shape index (κ1) is 21.5. The predicted octanol–water partition coefficient (Wildman–Crippen LogP) is 4.36. The number of likely N-dealkylation sites (tertiary alicyclic amines) is 1. The molecular formula is C23H29ClN2O3. The van der Waals surface area contributed by atoms with Crippen LogP contribution in [0.25, 0.3) is 0 Å². The second kappa shape index (κ2) is 10.5. The van der Waals surface area contributed by atoms with Crippen molar-refractivity contribution >= 4 is 17.5 Å². The van der Waals surface area contributed by atoms with Crippen LogP contribution in [0, 0.1) is 5.92 Å². The first-order valence-electron chi connectivity index (χ1n) is 10.1. The van der Waals surface area contributed by atoms with Crippen molar-refractivity contribution in [3.05, 3.63) is 58.6 Å². The molecule has 29 heavy (non-hydrogen) atoms. The molecule has 1 fully saturated rings. The zero-order valence-electron chi connectivity index (χ0n) is 16.9. The molecule has 156 valence electrons. The molecule has 1 atom stereocenters. The summed E-state index contributed by atoms with van der Waals surface area (Å²) in [6.45, 7) is 3.14. The minimum absolute atomic E-state index is 0.0810. The number of aromatic hydroxyl groups is 1. The summed E-state index contributed by atoms with van der Waals surface area (Å²) in [5.41, 5.74) is 1.89. The number of hydrogen-bond donors (Lipinski definition) is 2. The molecule has 0 bridgehead atoms. The molecule has 0 aromatic heterocycles. The molecule has 0 unspecified atom stereocenters. The van der Waals surface area contributed by atoms with Crippen molar-refractivity contribution < 1.29 is 14.6 Å². The fraction of sp³-hybridized carbons (Fsp3) is 0.435. The highest BCUT2D eigenvalue weighted by molar-refractivity contribution is 6.30. The van der Waals surface area contributed by atoms with Gasteiger partial charge in [-0.3, -0.25) is 9.69 Å². The Balaban J connectivity index is 1.43. The quantitative estimate of drug-likeness (QED) is 0.671. The number of piperidine rings is 1. The minimum Gasteiger partial charge on any atom is -0.508 e. The van der Waals surface area contributed by atoms with Crippen LogP contribution in [0.5, 0.6) is 11.5 Å². The van der Waals surface area contributed by atoms with Crippen LogP contribution in [0.4, 0.5) is 0 Å². The van der Waals surface area contributed by atoms with E-state index >= 15 is 0 Å². The zero-order chi connectivity index (χ0) is 20.6. The van der Waals surface area contributed by atoms with Crippen molar-refractivity contribution in [1.82, 2.24) is 10.2 Å². The number of benzene rings is 2. The van der Waals surface area contributed by atoms with E-state index in [4.69, 9.17) is 16.3 Å². The van der Waals surface area contributed by atoms with Crippen LogP contribution < -0.4 is 10.1 Å². The summed E-state index contributed by atoms with van der Waals surface area (Å²) in [5.74, 6) is 1.66. The number of nitrogens with one attached hydrogen (secondary N) is 1. The van der Waals surface area contributed by atoms with Gasteiger partial charge >= 0.3 is 0 Å². The summed E-state index contributed by atoms with van der Waals surface area (Å²) < 4.78 is 5.21. The van der Waals surface area contributed by atoms with Gasteiger partial charge in [0.2, 0.25) is 5.91 Å². The van der Waals surface area contributed by atoms with Gasteiger partial charge in [0.25, 0.3) is 0 Å². The molecule has 1 heterocycles. The molecule has 6 heteroatoms. The number of phenols is 1. The number of carbonyl (C=O) groups excluding carboxylic acids is 1. The molecule has 3 rings (SSSR count). The van der Waals surface area contributed by atoms with E-state index in [9.17, 15) is 9.90 Å². The Kier molecular flexibility index (Phi) is 7.78. The van der Waals surface area contributed by atoms with E-state index < -0.39 is 0 Å². The number of ether oxygens (including phenoxy) is 1. The van der Waals surface area contributed by atoms with Crippen molar-refractivity contribution in [3.8, 4) is 11.5 Å². The lowest BCUT2D eigenvalue weighted by Gasteiger charge is -2.33. The molecule has 1 amide bonds. The average molecular weight is 417 g/mol. The highest BCUT2D eigenvalue weighted by Gasteiger charge is 2.21. The normalized spacial score (nSPS) is 17.1. The standard InChI is InChI=1S/C23H29ClN2O3/c1-29-21-6-2-4-18(12-21)14-25-23(28)10-7-17-5-3-11-26(15-17)16-19-13-20(24)8-9-22(19)27/h2,4,6,8-9,12-13,17,27H,3,5,7,10-11,14-16H2,1H3,(H,25,28)/t17-/m0/s1. The number of methoxy groups -OCH3 is 1. The molecule has 5 nitrogen and oxygen atoms in total. The Hall–Kier alpha value is -2.24. The molecular weight excluding hydrogens is 388 g/mol. The van der Waals surface area contributed by atoms with Crippen molar-refractivity contribution in [2.75, 3.05) is 20.2 Å². The third-order valence-corrected chi connectivity index (χ3v) is 5.68. The van der Waals surface area contributed by atoms with Crippen LogP contribution in [0.2, 0.25) is 5.02 Å². The van der Waals surface area contributed by atoms with Crippen molar-refractivity contribution in [2.24, 2.45) is 5.92 Å². The summed E-state index contributed by atoms with van der Waals surface area (Å²) in [5, 5.41) is 13.7. The second-order valence-corrected chi connectivity index (χ2v) is 8.12. The number of phenolic OH excluding ortho intramolecular Hbond substituents is 1. The number of halogens is 1. The van der Waals surface area contributed by atoms with Crippen LogP contribution in [-0.4, -0.2) is 36.1 Å². The minimum atomic E-state index is 0.0810. The van der Waals surface area contributed by atoms with Gasteiger partial charge in [-0.05, 0) is 67.6 Å². The summed E-state index contributed by atoms with van der Waals surface area (Å²) in [6, 6.07) is 12.9. The van der Waals surface area contributed by atoms with E-state index in [1.165, 1.54) is 0 Å². The maximum atomic E-state index is 12.3. The fourth-order valence-corrected chi connectivity index (χ4v) is 4.05. The lowest BCUT2D eigenvalue weighted by atomic mass is 9.93. The fourth-order valence-electron chi connectivity index (χ4n) is 3.86. The van der Waals surface area contributed by atoms with Crippen LogP contribution in [0.15, 0.2) is 42.5 Å². The Morgan fingerprint density at radius 2 is 2.17 bits per heavy atom. The first-order valence-corrected chi connectivity index (χ1v) is 10.5. The van der Waals surface area contributed by atoms with Gasteiger partial charge in [-0.1, -0.05) is 23.7 Å². The molecule has 0 saturated carbocycles. The zero-order valence-corrected chi connectivity index (χ0v) is 17.6. The van der Waals surface area contributed by atoms with Crippen LogP contribution in [-0.2, 0) is 17.9 Å². The lowest BCUT2D eigenvalue weighted by molar-refractivity contribution is -0.121. The first-order chi connectivity index (χ1) is 14.0. The topological polar surface area (TPSA) is 61.8 Å². The van der Waals surface area contributed by atoms with Crippen LogP contribution in [0.1, 0.15) is 36.8 Å². The molecule has 0 aliphatic carbocycles. The second-order valence-electron chi connectivity index (χ2n) is 7.68. The van der Waals surface area contributed by atoms with Gasteiger partial charge in [-0.25, -0.2) is 0 Å². The third kappa shape index (κ3) is 6.65. The molecule has 2 aromatic rings. The van der Waals surface area contributed by atoms with Gasteiger partial charge in [0.15, 0.2) is 0 Å². The molecule has 0 spiro atoms. The number of amides is 1. The number of rotatable bonds is 8. The predicted molar refractivity (Wildman–Crippen MR) is 115 cm³/mol. The summed E-state index contributed by atoms with van der Waals surface area (Å²) >= 11 is 6.06. The number of hydrogen-bond acceptors (Lipinski definition) is 4. The smallest absolute Gasteiger partial charge is 0.220 e. The average Bonchev–Trinajstić information content (AvgIpc) is 2.74. The molecule has 1 saturated heterocycles. The molecule has 1 aliphatic rings. The van der Waals surface area contributed by atoms with Crippen molar-refractivity contribution in [3.63, 3.8) is 0 Å². The van der Waals surface area contributed by atoms with E-state index in [1.54, 1.807) is 19.2 Å². The van der Waals surface area contributed by atoms with Gasteiger partial charge in [0, 0.05) is 36.6 Å². The van der Waals surface area contributed by atoms with E-state index in [1.807, 2.05) is 30.3 Å². The van der Waals surface area contributed by atoms with Crippen molar-refractivity contribution in [1.29, 1.82) is 0 Å². The molecule has 0 radical (unpaired) electrons. The molecule has 1 aliphatic heterocycles. The highest BCUT2D eigenvalue weighted by atomic mass is 35.5. The van der Waals surface area contributed by atoms with E-state index in [0.29, 0.717) is 30.5 Å². The Labute approximate surface area is 177 Å². The summed E-state index contributed by atoms with van der Waals surface area (Å²) in [4.78, 5) is 14.6. The molecule has 2 N–H and O–H groups in total. The van der Waals surface area contributed by atoms with E-state index in [0.717, 1.165) is 49.2 Å². The van der Waals surface area contributed by atoms with Gasteiger partial charge in [-0.15, -0.1) is 0 Å². The monoisotopic (exact) mass is 416 g/mol. The van der Waals surface area contributed by atoms with E-state index in [2.05, 4.69) is 10.2 Å². The largest absolute Gasteiger partial charge is 0.508 e. The lowest BCUT2D eigenvalue weighted by Crippen LogP contribution is -2.35. The van der Waals surface area contributed by atoms with Gasteiger partial charge < -0.3 is 15.2 Å². The van der Waals surface area contributed by atoms with Crippen LogP contribution in [0.3, 0.4) is 0 Å². The third-order valence-electron chi connectivity index (χ3n) is 5.44. The number of carbonyl (C=O) groups is 1. The summed E-state index contributed by atoms with van der Waals surface area (Å²) in [6.07, 6.45) is 3.66. The number of nitrogens with zero attached hydrogens (tertiary/aromatic N) is 1. The highest BCUT2D eigenvalue weighted by Crippen LogP contribution is 2.27. The Morgan fingerprint density at radius 1 is 1.31 bits per heavy atom. The maximum absolute atomic E-state index is 12.3. The Bertz CT molecular complexity index is 828. The van der Waals surface area contributed by atoms with Gasteiger partial charge in [0.1, 0.15) is 11.5 Å². The van der Waals surface area contributed by atoms with Gasteiger partial charge in [-0.2, -0.15) is 0 Å². The SMILES string of the molecule is COc1cccc(CNC(=O)CC[C@@H]2CCCN(Cc3cc(Cl)ccc3O)C2)c1. The maximum Gasteiger partial charge on any atom is 0.220 e. The van der Waals surface area contributed by atoms with Gasteiger partial charge in [0.05, 0.1) is 7.11 Å². The van der Waals surface area contributed by atoms with Crippen molar-refractivity contribution in [2.45, 2.75) is 38.8 Å². The summed E-state index contributed by atoms with van der Waals surface area (Å²) in [7, 11) is 1.64.